The van der Waals surface area contributed by atoms with Crippen molar-refractivity contribution in [3.63, 3.8) is 0 Å². The van der Waals surface area contributed by atoms with Crippen LogP contribution < -0.4 is 15.1 Å². The summed E-state index contributed by atoms with van der Waals surface area (Å²) in [5, 5.41) is 4.83. The van der Waals surface area contributed by atoms with Crippen LogP contribution in [0.2, 0.25) is 5.02 Å². The number of hydrogen-bond donors (Lipinski definition) is 1. The first kappa shape index (κ1) is 22.4. The Kier molecular flexibility index (Phi) is 6.02. The van der Waals surface area contributed by atoms with E-state index in [1.165, 1.54) is 0 Å². The van der Waals surface area contributed by atoms with Crippen LogP contribution in [0.4, 0.5) is 11.4 Å². The van der Waals surface area contributed by atoms with Gasteiger partial charge in [-0.1, -0.05) is 29.8 Å². The molecular weight excluding hydrogens is 464 g/mol. The lowest BCUT2D eigenvalue weighted by molar-refractivity contribution is 0.439. The zero-order chi connectivity index (χ0) is 23.8. The van der Waals surface area contributed by atoms with Gasteiger partial charge in [-0.05, 0) is 79.3 Å². The van der Waals surface area contributed by atoms with E-state index in [0.717, 1.165) is 39.7 Å². The molecule has 1 saturated heterocycles. The zero-order valence-corrected chi connectivity index (χ0v) is 20.8. The molecule has 0 radical (unpaired) electrons. The topological polar surface area (TPSA) is 44.5 Å². The van der Waals surface area contributed by atoms with Crippen molar-refractivity contribution in [1.82, 2.24) is 10.3 Å². The Hall–Kier alpha value is -3.35. The van der Waals surface area contributed by atoms with Crippen LogP contribution in [0.1, 0.15) is 29.1 Å². The van der Waals surface area contributed by atoms with Gasteiger partial charge in [-0.15, -0.1) is 0 Å². The molecule has 2 aromatic carbocycles. The van der Waals surface area contributed by atoms with Gasteiger partial charge in [0.1, 0.15) is 17.6 Å². The van der Waals surface area contributed by atoms with Crippen LogP contribution in [0.3, 0.4) is 0 Å². The summed E-state index contributed by atoms with van der Waals surface area (Å²) >= 11 is 12.2. The minimum absolute atomic E-state index is 0.165. The van der Waals surface area contributed by atoms with E-state index in [9.17, 15) is 0 Å². The average Bonchev–Trinajstić information content (AvgIpc) is 3.46. The number of pyridine rings is 1. The summed E-state index contributed by atoms with van der Waals surface area (Å²) in [6, 6.07) is 23.8. The number of thiocarbonyl (C=S) groups is 1. The van der Waals surface area contributed by atoms with Crippen LogP contribution in [0, 0.1) is 6.92 Å². The fourth-order valence-electron chi connectivity index (χ4n) is 4.36. The average molecular weight is 489 g/mol. The lowest BCUT2D eigenvalue weighted by Gasteiger charge is -2.26. The molecule has 1 aliphatic rings. The van der Waals surface area contributed by atoms with E-state index in [-0.39, 0.29) is 12.1 Å². The van der Waals surface area contributed by atoms with Crippen LogP contribution >= 0.6 is 23.8 Å². The van der Waals surface area contributed by atoms with E-state index < -0.39 is 0 Å². The third-order valence-electron chi connectivity index (χ3n) is 6.19. The van der Waals surface area contributed by atoms with Crippen molar-refractivity contribution in [2.45, 2.75) is 19.0 Å². The molecule has 0 bridgehead atoms. The highest BCUT2D eigenvalue weighted by Gasteiger charge is 2.42. The normalized spacial score (nSPS) is 17.6. The summed E-state index contributed by atoms with van der Waals surface area (Å²) < 4.78 is 6.47. The SMILES string of the molecule is Cc1c(Cl)cccc1-c1ccc(C2C(c3ccccn3)NC(=S)N2c2ccc(N(C)C)cc2)o1. The van der Waals surface area contributed by atoms with Gasteiger partial charge in [0.2, 0.25) is 0 Å². The molecule has 0 amide bonds. The van der Waals surface area contributed by atoms with E-state index >= 15 is 0 Å². The first-order valence-corrected chi connectivity index (χ1v) is 11.9. The van der Waals surface area contributed by atoms with E-state index in [0.29, 0.717) is 10.1 Å². The maximum Gasteiger partial charge on any atom is 0.174 e. The number of hydrogen-bond acceptors (Lipinski definition) is 4. The Morgan fingerprint density at radius 1 is 1.00 bits per heavy atom. The van der Waals surface area contributed by atoms with Crippen LogP contribution in [0.5, 0.6) is 0 Å². The molecule has 1 aliphatic heterocycles. The van der Waals surface area contributed by atoms with Crippen LogP contribution in [0.15, 0.2) is 83.4 Å². The molecule has 3 heterocycles. The third-order valence-corrected chi connectivity index (χ3v) is 6.92. The number of furan rings is 1. The Balaban J connectivity index is 1.59. The number of nitrogens with one attached hydrogen (secondary N) is 1. The standard InChI is InChI=1S/C27H25ClN4OS/c1-17-20(7-6-8-21(17)28)23-14-15-24(33-23)26-25(22-9-4-5-16-29-22)30-27(34)32(26)19-12-10-18(11-13-19)31(2)3/h4-16,25-26H,1-3H3,(H,30,34). The minimum Gasteiger partial charge on any atom is -0.459 e. The summed E-state index contributed by atoms with van der Waals surface area (Å²) in [6.45, 7) is 2.00. The highest BCUT2D eigenvalue weighted by atomic mass is 35.5. The first-order valence-electron chi connectivity index (χ1n) is 11.1. The van der Waals surface area contributed by atoms with Gasteiger partial charge in [0.15, 0.2) is 5.11 Å². The van der Waals surface area contributed by atoms with Crippen molar-refractivity contribution in [2.75, 3.05) is 23.9 Å². The van der Waals surface area contributed by atoms with E-state index in [1.54, 1.807) is 6.20 Å². The predicted octanol–water partition coefficient (Wildman–Crippen LogP) is 6.55. The molecule has 7 heteroatoms. The Morgan fingerprint density at radius 2 is 1.79 bits per heavy atom. The second kappa shape index (κ2) is 9.12. The van der Waals surface area contributed by atoms with E-state index in [1.807, 2.05) is 69.6 Å². The smallest absolute Gasteiger partial charge is 0.174 e. The van der Waals surface area contributed by atoms with Crippen LogP contribution in [-0.4, -0.2) is 24.2 Å². The molecule has 2 aromatic heterocycles. The molecule has 2 atom stereocenters. The van der Waals surface area contributed by atoms with Crippen molar-refractivity contribution in [2.24, 2.45) is 0 Å². The predicted molar refractivity (Wildman–Crippen MR) is 143 cm³/mol. The van der Waals surface area contributed by atoms with E-state index in [4.69, 9.17) is 28.2 Å². The van der Waals surface area contributed by atoms with E-state index in [2.05, 4.69) is 44.4 Å². The minimum atomic E-state index is -0.208. The molecule has 34 heavy (non-hydrogen) atoms. The van der Waals surface area contributed by atoms with Gasteiger partial charge in [0.25, 0.3) is 0 Å². The second-order valence-electron chi connectivity index (χ2n) is 8.52. The molecule has 4 aromatic rings. The number of nitrogens with zero attached hydrogens (tertiary/aromatic N) is 3. The monoisotopic (exact) mass is 488 g/mol. The van der Waals surface area contributed by atoms with Crippen LogP contribution in [0.25, 0.3) is 11.3 Å². The van der Waals surface area contributed by atoms with Gasteiger partial charge in [-0.25, -0.2) is 0 Å². The molecule has 1 N–H and O–H groups in total. The zero-order valence-electron chi connectivity index (χ0n) is 19.2. The van der Waals surface area contributed by atoms with Crippen molar-refractivity contribution in [1.29, 1.82) is 0 Å². The molecule has 1 fully saturated rings. The Morgan fingerprint density at radius 3 is 2.50 bits per heavy atom. The molecule has 5 rings (SSSR count). The molecular formula is C27H25ClN4OS. The molecule has 2 unspecified atom stereocenters. The maximum absolute atomic E-state index is 6.47. The van der Waals surface area contributed by atoms with Gasteiger partial charge in [-0.2, -0.15) is 0 Å². The van der Waals surface area contributed by atoms with Crippen molar-refractivity contribution >= 4 is 40.3 Å². The van der Waals surface area contributed by atoms with Crippen molar-refractivity contribution < 1.29 is 4.42 Å². The maximum atomic E-state index is 6.47. The van der Waals surface area contributed by atoms with Crippen LogP contribution in [-0.2, 0) is 0 Å². The molecule has 0 spiro atoms. The molecule has 172 valence electrons. The summed E-state index contributed by atoms with van der Waals surface area (Å²) in [4.78, 5) is 8.80. The summed E-state index contributed by atoms with van der Waals surface area (Å²) in [7, 11) is 4.05. The van der Waals surface area contributed by atoms with Gasteiger partial charge in [0, 0.05) is 42.3 Å². The number of benzene rings is 2. The number of rotatable bonds is 5. The molecule has 0 saturated carbocycles. The third kappa shape index (κ3) is 4.04. The van der Waals surface area contributed by atoms with Crippen molar-refractivity contribution in [3.8, 4) is 11.3 Å². The lowest BCUT2D eigenvalue weighted by atomic mass is 10.0. The fraction of sp³-hybridized carbons (Fsp3) is 0.185. The second-order valence-corrected chi connectivity index (χ2v) is 9.32. The number of aromatic nitrogens is 1. The Bertz CT molecular complexity index is 1320. The number of anilines is 2. The summed E-state index contributed by atoms with van der Waals surface area (Å²) in [6.07, 6.45) is 1.80. The van der Waals surface area contributed by atoms with Gasteiger partial charge in [0.05, 0.1) is 11.7 Å². The first-order chi connectivity index (χ1) is 16.4. The molecule has 0 aliphatic carbocycles. The molecule has 5 nitrogen and oxygen atoms in total. The summed E-state index contributed by atoms with van der Waals surface area (Å²) in [5.74, 6) is 1.57. The quantitative estimate of drug-likeness (QED) is 0.321. The largest absolute Gasteiger partial charge is 0.459 e. The number of halogens is 1. The fourth-order valence-corrected chi connectivity index (χ4v) is 4.88. The lowest BCUT2D eigenvalue weighted by Crippen LogP contribution is -2.29. The van der Waals surface area contributed by atoms with Gasteiger partial charge < -0.3 is 19.5 Å². The Labute approximate surface area is 210 Å². The van der Waals surface area contributed by atoms with Gasteiger partial charge in [-0.3, -0.25) is 4.98 Å². The van der Waals surface area contributed by atoms with Crippen molar-refractivity contribution in [3.05, 3.63) is 101 Å². The summed E-state index contributed by atoms with van der Waals surface area (Å²) in [5.41, 5.74) is 4.98. The van der Waals surface area contributed by atoms with Gasteiger partial charge >= 0.3 is 0 Å². The highest BCUT2D eigenvalue weighted by Crippen LogP contribution is 2.43. The highest BCUT2D eigenvalue weighted by molar-refractivity contribution is 7.80.